The zero-order chi connectivity index (χ0) is 9.97. The molecule has 0 unspecified atom stereocenters. The Balaban J connectivity index is 0.00000112. The van der Waals surface area contributed by atoms with Crippen LogP contribution in [-0.2, 0) is 0 Å². The van der Waals surface area contributed by atoms with Gasteiger partial charge in [-0.25, -0.2) is 9.97 Å². The van der Waals surface area contributed by atoms with Crippen LogP contribution in [0.15, 0.2) is 24.7 Å². The molecule has 2 rings (SSSR count). The molecule has 78 valence electrons. The van der Waals surface area contributed by atoms with Crippen LogP contribution < -0.4 is 6.15 Å². The van der Waals surface area contributed by atoms with Crippen molar-refractivity contribution in [1.82, 2.24) is 26.3 Å². The number of aryl methyl sites for hydroxylation is 2. The van der Waals surface area contributed by atoms with Gasteiger partial charge in [-0.3, -0.25) is 0 Å². The van der Waals surface area contributed by atoms with E-state index in [9.17, 15) is 0 Å². The predicted octanol–water partition coefficient (Wildman–Crippen LogP) is 1.71. The molecule has 0 saturated heterocycles. The largest absolute Gasteiger partial charge is 0.344 e. The van der Waals surface area contributed by atoms with Crippen LogP contribution in [0.25, 0.3) is 11.4 Å². The number of hydrogen-bond acceptors (Lipinski definition) is 5. The maximum Gasteiger partial charge on any atom is 0.161 e. The first-order chi connectivity index (χ1) is 6.77. The van der Waals surface area contributed by atoms with Gasteiger partial charge in [0, 0.05) is 17.5 Å². The lowest BCUT2D eigenvalue weighted by Gasteiger charge is -2.01. The van der Waals surface area contributed by atoms with Crippen LogP contribution in [-0.4, -0.2) is 20.2 Å². The Morgan fingerprint density at radius 3 is 2.47 bits per heavy atom. The van der Waals surface area contributed by atoms with Gasteiger partial charge in [0.25, 0.3) is 0 Å². The van der Waals surface area contributed by atoms with E-state index in [1.165, 1.54) is 0 Å². The van der Waals surface area contributed by atoms with Gasteiger partial charge in [0.1, 0.15) is 0 Å². The molecule has 5 heteroatoms. The fraction of sp³-hybridized carbons (Fsp3) is 0.200. The summed E-state index contributed by atoms with van der Waals surface area (Å²) in [6, 6.07) is 1.84. The van der Waals surface area contributed by atoms with Crippen molar-refractivity contribution in [2.75, 3.05) is 0 Å². The van der Waals surface area contributed by atoms with Crippen LogP contribution in [0, 0.1) is 13.8 Å². The van der Waals surface area contributed by atoms with Gasteiger partial charge in [0.15, 0.2) is 5.82 Å². The van der Waals surface area contributed by atoms with Gasteiger partial charge in [0.05, 0.1) is 12.4 Å². The Hall–Kier alpha value is -1.88. The molecule has 0 atom stereocenters. The third kappa shape index (κ3) is 2.32. The zero-order valence-electron chi connectivity index (χ0n) is 8.81. The summed E-state index contributed by atoms with van der Waals surface area (Å²) in [5, 5.41) is 7.49. The minimum Gasteiger partial charge on any atom is -0.344 e. The molecule has 0 aliphatic heterocycles. The van der Waals surface area contributed by atoms with Crippen molar-refractivity contribution in [3.05, 3.63) is 35.9 Å². The van der Waals surface area contributed by atoms with Crippen LogP contribution >= 0.6 is 0 Å². The van der Waals surface area contributed by atoms with E-state index in [4.69, 9.17) is 0 Å². The summed E-state index contributed by atoms with van der Waals surface area (Å²) in [4.78, 5) is 8.59. The van der Waals surface area contributed by atoms with E-state index < -0.39 is 0 Å². The van der Waals surface area contributed by atoms with E-state index in [0.29, 0.717) is 5.82 Å². The Morgan fingerprint density at radius 1 is 1.07 bits per heavy atom. The molecule has 15 heavy (non-hydrogen) atoms. The summed E-state index contributed by atoms with van der Waals surface area (Å²) in [6.45, 7) is 3.96. The fourth-order valence-electron chi connectivity index (χ4n) is 1.09. The molecule has 0 aliphatic rings. The van der Waals surface area contributed by atoms with Crippen LogP contribution in [0.1, 0.15) is 11.3 Å². The minimum atomic E-state index is 0. The fourth-order valence-corrected chi connectivity index (χ4v) is 1.09. The Kier molecular flexibility index (Phi) is 3.41. The van der Waals surface area contributed by atoms with Gasteiger partial charge in [-0.05, 0) is 25.5 Å². The maximum atomic E-state index is 4.36. The number of hydrogen-bond donors (Lipinski definition) is 1. The standard InChI is InChI=1S/C10H10N4.H3N/c1-7-5-11-10(14-8(7)2)9-3-4-12-13-6-9;/h3-6H,1-2H3;1H3. The third-order valence-electron chi connectivity index (χ3n) is 2.07. The average molecular weight is 203 g/mol. The van der Waals surface area contributed by atoms with Crippen molar-refractivity contribution in [2.45, 2.75) is 13.8 Å². The van der Waals surface area contributed by atoms with Crippen LogP contribution in [0.4, 0.5) is 0 Å². The number of nitrogens with zero attached hydrogens (tertiary/aromatic N) is 4. The highest BCUT2D eigenvalue weighted by atomic mass is 15.1. The summed E-state index contributed by atoms with van der Waals surface area (Å²) in [5.41, 5.74) is 2.98. The van der Waals surface area contributed by atoms with Crippen LogP contribution in [0.3, 0.4) is 0 Å². The van der Waals surface area contributed by atoms with E-state index in [2.05, 4.69) is 20.2 Å². The van der Waals surface area contributed by atoms with Gasteiger partial charge in [-0.15, -0.1) is 0 Å². The summed E-state index contributed by atoms with van der Waals surface area (Å²) in [6.07, 6.45) is 5.11. The van der Waals surface area contributed by atoms with Gasteiger partial charge >= 0.3 is 0 Å². The molecular formula is C10H13N5. The van der Waals surface area contributed by atoms with E-state index in [-0.39, 0.29) is 6.15 Å². The molecule has 2 heterocycles. The highest BCUT2D eigenvalue weighted by molar-refractivity contribution is 5.52. The Morgan fingerprint density at radius 2 is 1.87 bits per heavy atom. The SMILES string of the molecule is Cc1cnc(-c2ccnnc2)nc1C.N. The second kappa shape index (κ2) is 4.56. The zero-order valence-corrected chi connectivity index (χ0v) is 8.81. The quantitative estimate of drug-likeness (QED) is 0.762. The van der Waals surface area contributed by atoms with Gasteiger partial charge < -0.3 is 6.15 Å². The average Bonchev–Trinajstić information content (AvgIpc) is 2.23. The molecule has 3 N–H and O–H groups in total. The smallest absolute Gasteiger partial charge is 0.161 e. The third-order valence-corrected chi connectivity index (χ3v) is 2.07. The van der Waals surface area contributed by atoms with Crippen molar-refractivity contribution in [3.8, 4) is 11.4 Å². The Labute approximate surface area is 88.2 Å². The molecule has 0 spiro atoms. The first kappa shape index (κ1) is 11.2. The molecule has 0 aliphatic carbocycles. The molecule has 5 nitrogen and oxygen atoms in total. The Bertz CT molecular complexity index is 441. The highest BCUT2D eigenvalue weighted by Crippen LogP contribution is 2.13. The summed E-state index contributed by atoms with van der Waals surface area (Å²) in [7, 11) is 0. The van der Waals surface area contributed by atoms with Gasteiger partial charge in [-0.1, -0.05) is 0 Å². The molecule has 2 aromatic rings. The first-order valence-corrected chi connectivity index (χ1v) is 4.34. The number of aromatic nitrogens is 4. The maximum absolute atomic E-state index is 4.36. The first-order valence-electron chi connectivity index (χ1n) is 4.34. The minimum absolute atomic E-state index is 0. The lowest BCUT2D eigenvalue weighted by molar-refractivity contribution is 1.01. The second-order valence-corrected chi connectivity index (χ2v) is 3.09. The lowest BCUT2D eigenvalue weighted by Crippen LogP contribution is -1.94. The van der Waals surface area contributed by atoms with Gasteiger partial charge in [-0.2, -0.15) is 10.2 Å². The molecule has 0 amide bonds. The molecule has 0 fully saturated rings. The van der Waals surface area contributed by atoms with Crippen LogP contribution in [0.2, 0.25) is 0 Å². The van der Waals surface area contributed by atoms with E-state index in [0.717, 1.165) is 16.8 Å². The monoisotopic (exact) mass is 203 g/mol. The summed E-state index contributed by atoms with van der Waals surface area (Å²) < 4.78 is 0. The van der Waals surface area contributed by atoms with E-state index >= 15 is 0 Å². The van der Waals surface area contributed by atoms with Crippen molar-refractivity contribution < 1.29 is 0 Å². The molecule has 0 bridgehead atoms. The molecule has 0 aromatic carbocycles. The highest BCUT2D eigenvalue weighted by Gasteiger charge is 2.02. The van der Waals surface area contributed by atoms with Crippen molar-refractivity contribution in [3.63, 3.8) is 0 Å². The summed E-state index contributed by atoms with van der Waals surface area (Å²) >= 11 is 0. The number of rotatable bonds is 1. The normalized spacial score (nSPS) is 9.47. The molecule has 2 aromatic heterocycles. The molecular weight excluding hydrogens is 190 g/mol. The van der Waals surface area contributed by atoms with Crippen LogP contribution in [0.5, 0.6) is 0 Å². The van der Waals surface area contributed by atoms with Crippen molar-refractivity contribution in [1.29, 1.82) is 0 Å². The van der Waals surface area contributed by atoms with E-state index in [1.807, 2.05) is 26.1 Å². The van der Waals surface area contributed by atoms with Gasteiger partial charge in [0.2, 0.25) is 0 Å². The van der Waals surface area contributed by atoms with Crippen molar-refractivity contribution >= 4 is 0 Å². The second-order valence-electron chi connectivity index (χ2n) is 3.09. The summed E-state index contributed by atoms with van der Waals surface area (Å²) in [5.74, 6) is 0.697. The topological polar surface area (TPSA) is 86.6 Å². The predicted molar refractivity (Wildman–Crippen MR) is 57.6 cm³/mol. The molecule has 0 radical (unpaired) electrons. The molecule has 0 saturated carbocycles. The van der Waals surface area contributed by atoms with E-state index in [1.54, 1.807) is 12.4 Å². The van der Waals surface area contributed by atoms with Crippen molar-refractivity contribution in [2.24, 2.45) is 0 Å². The lowest BCUT2D eigenvalue weighted by atomic mass is 10.2.